The van der Waals surface area contributed by atoms with Gasteiger partial charge in [0.15, 0.2) is 5.11 Å². The predicted molar refractivity (Wildman–Crippen MR) is 90.7 cm³/mol. The van der Waals surface area contributed by atoms with Crippen LogP contribution in [0.4, 0.5) is 11.4 Å². The van der Waals surface area contributed by atoms with Gasteiger partial charge in [-0.2, -0.15) is 0 Å². The molecular weight excluding hydrogens is 282 g/mol. The molecule has 0 aliphatic rings. The highest BCUT2D eigenvalue weighted by Gasteiger charge is 2.03. The maximum Gasteiger partial charge on any atom is 0.248 e. The average molecular weight is 299 g/mol. The fraction of sp³-hybridized carbons (Fsp3) is 0.125. The number of carbonyl (C=O) groups excluding carboxylic acids is 1. The molecule has 2 aromatic carbocycles. The summed E-state index contributed by atoms with van der Waals surface area (Å²) < 4.78 is 0. The third-order valence-corrected chi connectivity index (χ3v) is 3.26. The van der Waals surface area contributed by atoms with Gasteiger partial charge in [0.05, 0.1) is 0 Å². The third kappa shape index (κ3) is 4.03. The normalized spacial score (nSPS) is 10.0. The van der Waals surface area contributed by atoms with Crippen LogP contribution in [-0.2, 0) is 0 Å². The summed E-state index contributed by atoms with van der Waals surface area (Å²) in [6, 6.07) is 12.9. The van der Waals surface area contributed by atoms with Crippen LogP contribution in [0.2, 0.25) is 0 Å². The predicted octanol–water partition coefficient (Wildman–Crippen LogP) is 3.21. The van der Waals surface area contributed by atoms with Crippen LogP contribution in [0.15, 0.2) is 42.5 Å². The highest BCUT2D eigenvalue weighted by atomic mass is 32.1. The minimum atomic E-state index is -0.447. The Morgan fingerprint density at radius 1 is 1.05 bits per heavy atom. The molecule has 0 unspecified atom stereocenters. The first-order chi connectivity index (χ1) is 9.95. The molecule has 0 aliphatic heterocycles. The summed E-state index contributed by atoms with van der Waals surface area (Å²) in [6.45, 7) is 4.08. The fourth-order valence-electron chi connectivity index (χ4n) is 1.96. The monoisotopic (exact) mass is 299 g/mol. The lowest BCUT2D eigenvalue weighted by Crippen LogP contribution is -2.19. The number of amides is 1. The fourth-order valence-corrected chi connectivity index (χ4v) is 2.18. The molecule has 2 rings (SSSR count). The van der Waals surface area contributed by atoms with Crippen molar-refractivity contribution in [1.82, 2.24) is 0 Å². The summed E-state index contributed by atoms with van der Waals surface area (Å²) in [6.07, 6.45) is 0. The van der Waals surface area contributed by atoms with E-state index in [1.807, 2.05) is 26.0 Å². The van der Waals surface area contributed by atoms with Crippen LogP contribution >= 0.6 is 12.2 Å². The van der Waals surface area contributed by atoms with Gasteiger partial charge in [-0.25, -0.2) is 0 Å². The summed E-state index contributed by atoms with van der Waals surface area (Å²) in [4.78, 5) is 11.0. The number of anilines is 2. The number of nitrogens with one attached hydrogen (secondary N) is 2. The Balaban J connectivity index is 2.02. The number of aryl methyl sites for hydroxylation is 2. The van der Waals surface area contributed by atoms with Crippen molar-refractivity contribution >= 4 is 34.6 Å². The third-order valence-electron chi connectivity index (χ3n) is 3.06. The number of hydrogen-bond donors (Lipinski definition) is 3. The Morgan fingerprint density at radius 2 is 1.71 bits per heavy atom. The molecule has 5 heteroatoms. The summed E-state index contributed by atoms with van der Waals surface area (Å²) in [5.74, 6) is -0.447. The van der Waals surface area contributed by atoms with E-state index in [2.05, 4.69) is 16.7 Å². The number of primary amides is 1. The Hall–Kier alpha value is -2.40. The van der Waals surface area contributed by atoms with E-state index < -0.39 is 5.91 Å². The summed E-state index contributed by atoms with van der Waals surface area (Å²) in [5, 5.41) is 6.71. The summed E-state index contributed by atoms with van der Waals surface area (Å²) in [7, 11) is 0. The molecule has 4 N–H and O–H groups in total. The number of nitrogens with two attached hydrogens (primary N) is 1. The van der Waals surface area contributed by atoms with Crippen molar-refractivity contribution < 1.29 is 4.79 Å². The van der Waals surface area contributed by atoms with Crippen LogP contribution in [0, 0.1) is 13.8 Å². The molecule has 0 aromatic heterocycles. The Kier molecular flexibility index (Phi) is 4.55. The van der Waals surface area contributed by atoms with Gasteiger partial charge in [-0.1, -0.05) is 17.7 Å². The van der Waals surface area contributed by atoms with Crippen LogP contribution in [0.1, 0.15) is 21.5 Å². The van der Waals surface area contributed by atoms with E-state index in [1.165, 1.54) is 5.56 Å². The van der Waals surface area contributed by atoms with Crippen LogP contribution in [0.25, 0.3) is 0 Å². The van der Waals surface area contributed by atoms with Gasteiger partial charge in [-0.15, -0.1) is 0 Å². The van der Waals surface area contributed by atoms with Gasteiger partial charge in [-0.3, -0.25) is 4.79 Å². The minimum Gasteiger partial charge on any atom is -0.366 e. The zero-order chi connectivity index (χ0) is 15.4. The van der Waals surface area contributed by atoms with Crippen molar-refractivity contribution in [2.24, 2.45) is 5.73 Å². The maximum atomic E-state index is 11.0. The highest BCUT2D eigenvalue weighted by molar-refractivity contribution is 7.80. The van der Waals surface area contributed by atoms with Crippen molar-refractivity contribution in [2.45, 2.75) is 13.8 Å². The zero-order valence-electron chi connectivity index (χ0n) is 11.9. The molecule has 2 aromatic rings. The molecule has 0 fully saturated rings. The van der Waals surface area contributed by atoms with E-state index in [-0.39, 0.29) is 0 Å². The second kappa shape index (κ2) is 6.37. The Labute approximate surface area is 129 Å². The van der Waals surface area contributed by atoms with Crippen LogP contribution in [0.3, 0.4) is 0 Å². The quantitative estimate of drug-likeness (QED) is 0.761. The molecule has 0 bridgehead atoms. The molecule has 1 amide bonds. The zero-order valence-corrected chi connectivity index (χ0v) is 12.8. The molecule has 0 aliphatic carbocycles. The van der Waals surface area contributed by atoms with Gasteiger partial charge in [0.1, 0.15) is 0 Å². The van der Waals surface area contributed by atoms with Crippen molar-refractivity contribution in [3.63, 3.8) is 0 Å². The molecule has 0 spiro atoms. The van der Waals surface area contributed by atoms with E-state index in [0.717, 1.165) is 16.9 Å². The van der Waals surface area contributed by atoms with Gasteiger partial charge in [-0.05, 0) is 62.0 Å². The summed E-state index contributed by atoms with van der Waals surface area (Å²) >= 11 is 5.28. The maximum absolute atomic E-state index is 11.0. The van der Waals surface area contributed by atoms with E-state index in [1.54, 1.807) is 24.3 Å². The smallest absolute Gasteiger partial charge is 0.248 e. The van der Waals surface area contributed by atoms with Gasteiger partial charge < -0.3 is 16.4 Å². The number of carbonyl (C=O) groups is 1. The Morgan fingerprint density at radius 3 is 2.29 bits per heavy atom. The van der Waals surface area contributed by atoms with Crippen molar-refractivity contribution in [3.8, 4) is 0 Å². The standard InChI is InChI=1S/C16H17N3OS/c1-10-3-8-14(11(2)9-10)19-16(21)18-13-6-4-12(5-7-13)15(17)20/h3-9H,1-2H3,(H2,17,20)(H2,18,19,21). The average Bonchev–Trinajstić information content (AvgIpc) is 2.42. The largest absolute Gasteiger partial charge is 0.366 e. The molecule has 4 nitrogen and oxygen atoms in total. The first kappa shape index (κ1) is 15.0. The van der Waals surface area contributed by atoms with E-state index in [0.29, 0.717) is 10.7 Å². The molecule has 0 heterocycles. The van der Waals surface area contributed by atoms with Gasteiger partial charge in [0.2, 0.25) is 5.91 Å². The lowest BCUT2D eigenvalue weighted by molar-refractivity contribution is 0.100. The van der Waals surface area contributed by atoms with E-state index in [9.17, 15) is 4.79 Å². The molecule has 0 saturated heterocycles. The molecule has 0 radical (unpaired) electrons. The van der Waals surface area contributed by atoms with Crippen LogP contribution in [0.5, 0.6) is 0 Å². The molecule has 0 saturated carbocycles. The second-order valence-electron chi connectivity index (χ2n) is 4.84. The first-order valence-electron chi connectivity index (χ1n) is 6.51. The molecule has 21 heavy (non-hydrogen) atoms. The van der Waals surface area contributed by atoms with E-state index >= 15 is 0 Å². The number of thiocarbonyl (C=S) groups is 1. The van der Waals surface area contributed by atoms with Gasteiger partial charge in [0, 0.05) is 16.9 Å². The van der Waals surface area contributed by atoms with Gasteiger partial charge >= 0.3 is 0 Å². The van der Waals surface area contributed by atoms with Crippen LogP contribution < -0.4 is 16.4 Å². The SMILES string of the molecule is Cc1ccc(NC(=S)Nc2ccc(C(N)=O)cc2)c(C)c1. The second-order valence-corrected chi connectivity index (χ2v) is 5.25. The van der Waals surface area contributed by atoms with Crippen LogP contribution in [-0.4, -0.2) is 11.0 Å². The minimum absolute atomic E-state index is 0.447. The summed E-state index contributed by atoms with van der Waals surface area (Å²) in [5.41, 5.74) is 9.76. The van der Waals surface area contributed by atoms with Crippen molar-refractivity contribution in [1.29, 1.82) is 0 Å². The molecular formula is C16H17N3OS. The molecule has 108 valence electrons. The van der Waals surface area contributed by atoms with Gasteiger partial charge in [0.25, 0.3) is 0 Å². The lowest BCUT2D eigenvalue weighted by atomic mass is 10.1. The number of hydrogen-bond acceptors (Lipinski definition) is 2. The van der Waals surface area contributed by atoms with E-state index in [4.69, 9.17) is 18.0 Å². The topological polar surface area (TPSA) is 67.2 Å². The lowest BCUT2D eigenvalue weighted by Gasteiger charge is -2.13. The van der Waals surface area contributed by atoms with Crippen molar-refractivity contribution in [2.75, 3.05) is 10.6 Å². The first-order valence-corrected chi connectivity index (χ1v) is 6.91. The van der Waals surface area contributed by atoms with Crippen molar-refractivity contribution in [3.05, 3.63) is 59.2 Å². The molecule has 0 atom stereocenters. The highest BCUT2D eigenvalue weighted by Crippen LogP contribution is 2.17. The Bertz CT molecular complexity index is 680. The number of rotatable bonds is 3. The number of benzene rings is 2.